The molecule has 1 fully saturated rings. The molecule has 2 heteroatoms. The van der Waals surface area contributed by atoms with Crippen LogP contribution in [0.4, 0.5) is 0 Å². The molecule has 102 valence electrons. The molecule has 0 aromatic rings. The van der Waals surface area contributed by atoms with E-state index in [-0.39, 0.29) is 0 Å². The lowest BCUT2D eigenvalue weighted by molar-refractivity contribution is 0.0387. The Morgan fingerprint density at radius 2 is 1.82 bits per heavy atom. The Balaban J connectivity index is 2.65. The van der Waals surface area contributed by atoms with E-state index in [4.69, 9.17) is 5.73 Å². The fourth-order valence-corrected chi connectivity index (χ4v) is 3.49. The first kappa shape index (κ1) is 15.0. The van der Waals surface area contributed by atoms with E-state index in [1.165, 1.54) is 38.6 Å². The molecule has 1 aliphatic rings. The van der Waals surface area contributed by atoms with Gasteiger partial charge in [0.1, 0.15) is 0 Å². The number of likely N-dealkylation sites (N-methyl/N-ethyl adjacent to an activating group) is 1. The first-order valence-corrected chi connectivity index (χ1v) is 7.54. The smallest absolute Gasteiger partial charge is 0.0331 e. The normalized spacial score (nSPS) is 30.2. The minimum absolute atomic E-state index is 0.316. The Hall–Kier alpha value is -0.0800. The molecule has 0 aromatic heterocycles. The van der Waals surface area contributed by atoms with Gasteiger partial charge < -0.3 is 5.73 Å². The van der Waals surface area contributed by atoms with Gasteiger partial charge in [-0.05, 0) is 57.0 Å². The molecule has 0 spiro atoms. The van der Waals surface area contributed by atoms with Crippen molar-refractivity contribution in [3.63, 3.8) is 0 Å². The number of rotatable bonds is 6. The summed E-state index contributed by atoms with van der Waals surface area (Å²) in [6.45, 7) is 12.5. The van der Waals surface area contributed by atoms with Crippen LogP contribution in [0.5, 0.6) is 0 Å². The van der Waals surface area contributed by atoms with Crippen molar-refractivity contribution in [3.8, 4) is 0 Å². The summed E-state index contributed by atoms with van der Waals surface area (Å²) in [6.07, 6.45) is 6.59. The molecule has 0 amide bonds. The number of hydrogen-bond acceptors (Lipinski definition) is 2. The van der Waals surface area contributed by atoms with Gasteiger partial charge in [0.25, 0.3) is 0 Å². The van der Waals surface area contributed by atoms with Crippen molar-refractivity contribution in [1.29, 1.82) is 0 Å². The number of hydrogen-bond donors (Lipinski definition) is 1. The zero-order valence-electron chi connectivity index (χ0n) is 12.3. The molecular formula is C15H32N2. The van der Waals surface area contributed by atoms with E-state index in [0.717, 1.165) is 24.9 Å². The highest BCUT2D eigenvalue weighted by molar-refractivity contribution is 4.95. The minimum Gasteiger partial charge on any atom is -0.329 e. The van der Waals surface area contributed by atoms with Crippen LogP contribution in [0.25, 0.3) is 0 Å². The zero-order valence-corrected chi connectivity index (χ0v) is 12.3. The van der Waals surface area contributed by atoms with Gasteiger partial charge in [0.05, 0.1) is 0 Å². The van der Waals surface area contributed by atoms with Crippen molar-refractivity contribution in [1.82, 2.24) is 4.90 Å². The van der Waals surface area contributed by atoms with E-state index in [0.29, 0.717) is 5.54 Å². The van der Waals surface area contributed by atoms with Gasteiger partial charge >= 0.3 is 0 Å². The molecule has 0 radical (unpaired) electrons. The summed E-state index contributed by atoms with van der Waals surface area (Å²) in [5, 5.41) is 0. The first-order valence-electron chi connectivity index (χ1n) is 7.54. The summed E-state index contributed by atoms with van der Waals surface area (Å²) in [5.41, 5.74) is 6.44. The summed E-state index contributed by atoms with van der Waals surface area (Å²) >= 11 is 0. The first-order chi connectivity index (χ1) is 8.09. The largest absolute Gasteiger partial charge is 0.329 e. The van der Waals surface area contributed by atoms with Crippen molar-refractivity contribution in [2.45, 2.75) is 65.3 Å². The van der Waals surface area contributed by atoms with Crippen molar-refractivity contribution in [3.05, 3.63) is 0 Å². The van der Waals surface area contributed by atoms with E-state index in [1.807, 2.05) is 0 Å². The molecule has 0 saturated heterocycles. The van der Waals surface area contributed by atoms with Gasteiger partial charge in [-0.1, -0.05) is 27.7 Å². The Morgan fingerprint density at radius 1 is 1.24 bits per heavy atom. The van der Waals surface area contributed by atoms with Crippen molar-refractivity contribution in [2.75, 3.05) is 19.6 Å². The molecule has 1 rings (SSSR count). The zero-order chi connectivity index (χ0) is 12.9. The van der Waals surface area contributed by atoms with Crippen LogP contribution in [-0.4, -0.2) is 30.1 Å². The van der Waals surface area contributed by atoms with Crippen LogP contribution in [0.15, 0.2) is 0 Å². The maximum atomic E-state index is 6.12. The third-order valence-corrected chi connectivity index (χ3v) is 4.83. The fourth-order valence-electron chi connectivity index (χ4n) is 3.49. The van der Waals surface area contributed by atoms with Crippen molar-refractivity contribution in [2.24, 2.45) is 17.6 Å². The molecule has 1 saturated carbocycles. The highest BCUT2D eigenvalue weighted by Crippen LogP contribution is 2.38. The summed E-state index contributed by atoms with van der Waals surface area (Å²) in [6, 6.07) is 0. The molecule has 17 heavy (non-hydrogen) atoms. The maximum Gasteiger partial charge on any atom is 0.0331 e. The second-order valence-electron chi connectivity index (χ2n) is 6.09. The number of nitrogens with zero attached hydrogens (tertiary/aromatic N) is 1. The van der Waals surface area contributed by atoms with Crippen LogP contribution in [0.1, 0.15) is 59.8 Å². The van der Waals surface area contributed by atoms with Crippen molar-refractivity contribution >= 4 is 0 Å². The Morgan fingerprint density at radius 3 is 2.18 bits per heavy atom. The van der Waals surface area contributed by atoms with Gasteiger partial charge in [0.15, 0.2) is 0 Å². The van der Waals surface area contributed by atoms with E-state index >= 15 is 0 Å². The highest BCUT2D eigenvalue weighted by Gasteiger charge is 2.38. The monoisotopic (exact) mass is 240 g/mol. The molecule has 0 bridgehead atoms. The summed E-state index contributed by atoms with van der Waals surface area (Å²) in [4.78, 5) is 2.64. The van der Waals surface area contributed by atoms with Crippen molar-refractivity contribution < 1.29 is 0 Å². The topological polar surface area (TPSA) is 29.3 Å². The minimum atomic E-state index is 0.316. The van der Waals surface area contributed by atoms with Crippen LogP contribution in [0.2, 0.25) is 0 Å². The lowest BCUT2D eigenvalue weighted by Gasteiger charge is -2.48. The van der Waals surface area contributed by atoms with E-state index < -0.39 is 0 Å². The lowest BCUT2D eigenvalue weighted by atomic mass is 9.72. The second-order valence-corrected chi connectivity index (χ2v) is 6.09. The summed E-state index contributed by atoms with van der Waals surface area (Å²) < 4.78 is 0. The SMILES string of the molecule is CCCN(CC)C1(CN)CCC(C(C)C)CC1. The van der Waals surface area contributed by atoms with Crippen LogP contribution in [0, 0.1) is 11.8 Å². The Kier molecular flexibility index (Phi) is 5.94. The number of nitrogens with two attached hydrogens (primary N) is 1. The average molecular weight is 240 g/mol. The summed E-state index contributed by atoms with van der Waals surface area (Å²) in [5.74, 6) is 1.77. The average Bonchev–Trinajstić information content (AvgIpc) is 2.36. The highest BCUT2D eigenvalue weighted by atomic mass is 15.2. The van der Waals surface area contributed by atoms with Crippen LogP contribution in [0.3, 0.4) is 0 Å². The fraction of sp³-hybridized carbons (Fsp3) is 1.00. The van der Waals surface area contributed by atoms with Crippen LogP contribution < -0.4 is 5.73 Å². The van der Waals surface area contributed by atoms with Crippen LogP contribution >= 0.6 is 0 Å². The standard InChI is InChI=1S/C15H32N2/c1-5-11-17(6-2)15(12-16)9-7-14(8-10-15)13(3)4/h13-14H,5-12,16H2,1-4H3. The lowest BCUT2D eigenvalue weighted by Crippen LogP contribution is -2.56. The van der Waals surface area contributed by atoms with Gasteiger partial charge in [-0.3, -0.25) is 4.90 Å². The molecule has 0 heterocycles. The summed E-state index contributed by atoms with van der Waals surface area (Å²) in [7, 11) is 0. The molecular weight excluding hydrogens is 208 g/mol. The molecule has 0 aromatic carbocycles. The van der Waals surface area contributed by atoms with Crippen LogP contribution in [-0.2, 0) is 0 Å². The third-order valence-electron chi connectivity index (χ3n) is 4.83. The predicted octanol–water partition coefficient (Wildman–Crippen LogP) is 3.26. The van der Waals surface area contributed by atoms with E-state index in [1.54, 1.807) is 0 Å². The van der Waals surface area contributed by atoms with Gasteiger partial charge in [-0.25, -0.2) is 0 Å². The third kappa shape index (κ3) is 3.45. The van der Waals surface area contributed by atoms with Gasteiger partial charge in [0.2, 0.25) is 0 Å². The predicted molar refractivity (Wildman–Crippen MR) is 76.1 cm³/mol. The van der Waals surface area contributed by atoms with Gasteiger partial charge in [-0.15, -0.1) is 0 Å². The molecule has 0 aliphatic heterocycles. The molecule has 1 aliphatic carbocycles. The second kappa shape index (κ2) is 6.75. The maximum absolute atomic E-state index is 6.12. The molecule has 2 N–H and O–H groups in total. The molecule has 2 nitrogen and oxygen atoms in total. The van der Waals surface area contributed by atoms with E-state index in [9.17, 15) is 0 Å². The quantitative estimate of drug-likeness (QED) is 0.772. The Labute approximate surface area is 108 Å². The molecule has 0 unspecified atom stereocenters. The van der Waals surface area contributed by atoms with Gasteiger partial charge in [-0.2, -0.15) is 0 Å². The van der Waals surface area contributed by atoms with E-state index in [2.05, 4.69) is 32.6 Å². The Bertz CT molecular complexity index is 205. The van der Waals surface area contributed by atoms with Gasteiger partial charge in [0, 0.05) is 12.1 Å². The molecule has 0 atom stereocenters.